The Hall–Kier alpha value is -0.870. The normalized spacial score (nSPS) is 29.4. The second-order valence-corrected chi connectivity index (χ2v) is 6.30. The SMILES string of the molecule is CC1CCNC(C2CC2)CN1CCc1cnn(C)c1. The average Bonchev–Trinajstić information content (AvgIpc) is 3.16. The van der Waals surface area contributed by atoms with Gasteiger partial charge >= 0.3 is 0 Å². The Bertz CT molecular complexity index is 410. The van der Waals surface area contributed by atoms with Crippen molar-refractivity contribution in [2.75, 3.05) is 19.6 Å². The highest BCUT2D eigenvalue weighted by Gasteiger charge is 2.34. The van der Waals surface area contributed by atoms with Crippen molar-refractivity contribution in [2.45, 2.75) is 44.7 Å². The van der Waals surface area contributed by atoms with Gasteiger partial charge in [-0.15, -0.1) is 0 Å². The van der Waals surface area contributed by atoms with E-state index in [4.69, 9.17) is 0 Å². The van der Waals surface area contributed by atoms with Gasteiger partial charge in [-0.3, -0.25) is 9.58 Å². The summed E-state index contributed by atoms with van der Waals surface area (Å²) in [6.07, 6.45) is 9.40. The molecule has 2 aliphatic rings. The molecule has 106 valence electrons. The predicted molar refractivity (Wildman–Crippen MR) is 77.1 cm³/mol. The van der Waals surface area contributed by atoms with Gasteiger partial charge in [0, 0.05) is 38.4 Å². The number of nitrogens with zero attached hydrogens (tertiary/aromatic N) is 3. The Labute approximate surface area is 116 Å². The number of hydrogen-bond donors (Lipinski definition) is 1. The number of aromatic nitrogens is 2. The summed E-state index contributed by atoms with van der Waals surface area (Å²) in [6, 6.07) is 1.44. The second kappa shape index (κ2) is 5.63. The van der Waals surface area contributed by atoms with Crippen molar-refractivity contribution >= 4 is 0 Å². The van der Waals surface area contributed by atoms with E-state index in [0.717, 1.165) is 24.9 Å². The molecule has 1 N–H and O–H groups in total. The molecule has 2 heterocycles. The van der Waals surface area contributed by atoms with E-state index >= 15 is 0 Å². The minimum Gasteiger partial charge on any atom is -0.312 e. The monoisotopic (exact) mass is 262 g/mol. The number of hydrogen-bond acceptors (Lipinski definition) is 3. The summed E-state index contributed by atoms with van der Waals surface area (Å²) >= 11 is 0. The van der Waals surface area contributed by atoms with Crippen LogP contribution >= 0.6 is 0 Å². The van der Waals surface area contributed by atoms with E-state index in [9.17, 15) is 0 Å². The zero-order valence-electron chi connectivity index (χ0n) is 12.2. The molecule has 0 amide bonds. The maximum Gasteiger partial charge on any atom is 0.0522 e. The maximum atomic E-state index is 4.26. The van der Waals surface area contributed by atoms with Crippen molar-refractivity contribution in [3.8, 4) is 0 Å². The molecule has 1 aliphatic heterocycles. The van der Waals surface area contributed by atoms with E-state index in [-0.39, 0.29) is 0 Å². The number of aryl methyl sites for hydroxylation is 1. The molecule has 0 radical (unpaired) electrons. The fourth-order valence-corrected chi connectivity index (χ4v) is 3.16. The summed E-state index contributed by atoms with van der Waals surface area (Å²) in [5.74, 6) is 0.950. The Morgan fingerprint density at radius 2 is 2.21 bits per heavy atom. The summed E-state index contributed by atoms with van der Waals surface area (Å²) in [5, 5.41) is 8.00. The molecule has 0 bridgehead atoms. The molecule has 4 nitrogen and oxygen atoms in total. The van der Waals surface area contributed by atoms with E-state index in [1.807, 2.05) is 17.9 Å². The summed E-state index contributed by atoms with van der Waals surface area (Å²) in [5.41, 5.74) is 1.36. The summed E-state index contributed by atoms with van der Waals surface area (Å²) in [7, 11) is 1.99. The Morgan fingerprint density at radius 3 is 2.89 bits per heavy atom. The van der Waals surface area contributed by atoms with Crippen LogP contribution in [-0.2, 0) is 13.5 Å². The van der Waals surface area contributed by atoms with Gasteiger partial charge in [0.1, 0.15) is 0 Å². The van der Waals surface area contributed by atoms with E-state index in [1.165, 1.54) is 37.9 Å². The largest absolute Gasteiger partial charge is 0.312 e. The van der Waals surface area contributed by atoms with Crippen LogP contribution < -0.4 is 5.32 Å². The van der Waals surface area contributed by atoms with Gasteiger partial charge in [-0.05, 0) is 50.6 Å². The molecule has 19 heavy (non-hydrogen) atoms. The lowest BCUT2D eigenvalue weighted by Crippen LogP contribution is -2.42. The molecule has 2 atom stereocenters. The molecule has 1 aliphatic carbocycles. The molecule has 1 aromatic rings. The minimum atomic E-state index is 0.702. The van der Waals surface area contributed by atoms with Crippen molar-refractivity contribution in [1.29, 1.82) is 0 Å². The first-order valence-corrected chi connectivity index (χ1v) is 7.67. The van der Waals surface area contributed by atoms with Crippen LogP contribution in [0.4, 0.5) is 0 Å². The van der Waals surface area contributed by atoms with Crippen LogP contribution in [0.3, 0.4) is 0 Å². The van der Waals surface area contributed by atoms with Gasteiger partial charge < -0.3 is 5.32 Å². The van der Waals surface area contributed by atoms with Crippen molar-refractivity contribution in [2.24, 2.45) is 13.0 Å². The van der Waals surface area contributed by atoms with Crippen LogP contribution in [0.15, 0.2) is 12.4 Å². The third-order valence-electron chi connectivity index (χ3n) is 4.66. The van der Waals surface area contributed by atoms with Gasteiger partial charge in [0.15, 0.2) is 0 Å². The van der Waals surface area contributed by atoms with Crippen LogP contribution in [-0.4, -0.2) is 46.4 Å². The standard InChI is InChI=1S/C15H26N4/c1-12-5-7-16-15(14-3-4-14)11-19(12)8-6-13-9-17-18(2)10-13/h9-10,12,14-16H,3-8,11H2,1-2H3. The van der Waals surface area contributed by atoms with Crippen LogP contribution in [0.5, 0.6) is 0 Å². The first-order valence-electron chi connectivity index (χ1n) is 7.67. The van der Waals surface area contributed by atoms with Gasteiger partial charge in [-0.2, -0.15) is 5.10 Å². The van der Waals surface area contributed by atoms with Gasteiger partial charge in [0.25, 0.3) is 0 Å². The molecule has 1 aromatic heterocycles. The van der Waals surface area contributed by atoms with Crippen molar-refractivity contribution < 1.29 is 0 Å². The summed E-state index contributed by atoms with van der Waals surface area (Å²) < 4.78 is 1.90. The van der Waals surface area contributed by atoms with E-state index in [1.54, 1.807) is 0 Å². The third kappa shape index (κ3) is 3.37. The Balaban J connectivity index is 1.57. The maximum absolute atomic E-state index is 4.26. The molecule has 3 rings (SSSR count). The lowest BCUT2D eigenvalue weighted by molar-refractivity contribution is 0.201. The van der Waals surface area contributed by atoms with Gasteiger partial charge in [0.2, 0.25) is 0 Å². The van der Waals surface area contributed by atoms with Crippen molar-refractivity contribution in [3.05, 3.63) is 18.0 Å². The van der Waals surface area contributed by atoms with Crippen LogP contribution in [0, 0.1) is 5.92 Å². The molecular formula is C15H26N4. The van der Waals surface area contributed by atoms with E-state index < -0.39 is 0 Å². The highest BCUT2D eigenvalue weighted by molar-refractivity contribution is 5.04. The molecule has 1 saturated carbocycles. The zero-order valence-corrected chi connectivity index (χ0v) is 12.2. The molecule has 0 spiro atoms. The fourth-order valence-electron chi connectivity index (χ4n) is 3.16. The Morgan fingerprint density at radius 1 is 1.37 bits per heavy atom. The van der Waals surface area contributed by atoms with Crippen LogP contribution in [0.1, 0.15) is 31.7 Å². The number of nitrogens with one attached hydrogen (secondary N) is 1. The zero-order chi connectivity index (χ0) is 13.2. The predicted octanol–water partition coefficient (Wildman–Crippen LogP) is 1.42. The van der Waals surface area contributed by atoms with E-state index in [0.29, 0.717) is 6.04 Å². The molecule has 1 saturated heterocycles. The smallest absolute Gasteiger partial charge is 0.0522 e. The average molecular weight is 262 g/mol. The number of rotatable bonds is 4. The quantitative estimate of drug-likeness (QED) is 0.891. The van der Waals surface area contributed by atoms with Crippen molar-refractivity contribution in [3.63, 3.8) is 0 Å². The first kappa shape index (κ1) is 13.1. The second-order valence-electron chi connectivity index (χ2n) is 6.30. The first-order chi connectivity index (χ1) is 9.22. The summed E-state index contributed by atoms with van der Waals surface area (Å²) in [4.78, 5) is 2.68. The van der Waals surface area contributed by atoms with Gasteiger partial charge in [-0.1, -0.05) is 0 Å². The van der Waals surface area contributed by atoms with Crippen molar-refractivity contribution in [1.82, 2.24) is 20.0 Å². The topological polar surface area (TPSA) is 33.1 Å². The van der Waals surface area contributed by atoms with Crippen LogP contribution in [0.25, 0.3) is 0 Å². The highest BCUT2D eigenvalue weighted by Crippen LogP contribution is 2.34. The van der Waals surface area contributed by atoms with Gasteiger partial charge in [-0.25, -0.2) is 0 Å². The molecule has 4 heteroatoms. The van der Waals surface area contributed by atoms with E-state index in [2.05, 4.69) is 28.4 Å². The molecule has 0 aromatic carbocycles. The molecule has 2 unspecified atom stereocenters. The Kier molecular flexibility index (Phi) is 3.89. The lowest BCUT2D eigenvalue weighted by Gasteiger charge is -2.29. The highest BCUT2D eigenvalue weighted by atomic mass is 15.2. The lowest BCUT2D eigenvalue weighted by atomic mass is 10.1. The summed E-state index contributed by atoms with van der Waals surface area (Å²) in [6.45, 7) is 5.95. The van der Waals surface area contributed by atoms with Crippen LogP contribution in [0.2, 0.25) is 0 Å². The molecular weight excluding hydrogens is 236 g/mol. The fraction of sp³-hybridized carbons (Fsp3) is 0.800. The minimum absolute atomic E-state index is 0.702. The molecule has 2 fully saturated rings. The van der Waals surface area contributed by atoms with Gasteiger partial charge in [0.05, 0.1) is 6.20 Å². The third-order valence-corrected chi connectivity index (χ3v) is 4.66.